The van der Waals surface area contributed by atoms with Crippen LogP contribution < -0.4 is 5.32 Å². The van der Waals surface area contributed by atoms with Gasteiger partial charge < -0.3 is 10.2 Å². The lowest BCUT2D eigenvalue weighted by molar-refractivity contribution is -0.138. The Labute approximate surface area is 193 Å². The van der Waals surface area contributed by atoms with Crippen LogP contribution in [0, 0.1) is 6.92 Å². The third-order valence-corrected chi connectivity index (χ3v) is 6.30. The molecule has 0 aliphatic carbocycles. The van der Waals surface area contributed by atoms with Gasteiger partial charge in [0.1, 0.15) is 0 Å². The maximum atomic E-state index is 13.0. The van der Waals surface area contributed by atoms with E-state index in [4.69, 9.17) is 0 Å². The number of amides is 2. The number of aryl methyl sites for hydroxylation is 1. The van der Waals surface area contributed by atoms with E-state index in [1.807, 2.05) is 55.0 Å². The van der Waals surface area contributed by atoms with Gasteiger partial charge >= 0.3 is 0 Å². The Morgan fingerprint density at radius 3 is 2.42 bits per heavy atom. The molecule has 166 valence electrons. The standard InChI is InChI=1S/C24H31BrN4O2/c1-18-15-21(25)9-10-22(18)26-23(30)17-27(3)19(2)24(31)29-13-11-28(12-14-29)16-20-7-5-4-6-8-20/h4-10,15,19H,11-14,16-17H2,1-3H3,(H,26,30)/t19-/m0/s1. The van der Waals surface area contributed by atoms with Crippen molar-refractivity contribution in [3.8, 4) is 0 Å². The maximum Gasteiger partial charge on any atom is 0.239 e. The van der Waals surface area contributed by atoms with Crippen molar-refractivity contribution in [2.24, 2.45) is 0 Å². The molecule has 2 aromatic carbocycles. The molecular formula is C24H31BrN4O2. The Balaban J connectivity index is 1.46. The van der Waals surface area contributed by atoms with Crippen LogP contribution in [-0.4, -0.2) is 72.3 Å². The Morgan fingerprint density at radius 1 is 1.10 bits per heavy atom. The fraction of sp³-hybridized carbons (Fsp3) is 0.417. The van der Waals surface area contributed by atoms with Gasteiger partial charge in [0.05, 0.1) is 12.6 Å². The van der Waals surface area contributed by atoms with Crippen LogP contribution in [0.25, 0.3) is 0 Å². The summed E-state index contributed by atoms with van der Waals surface area (Å²) in [6.45, 7) is 8.05. The van der Waals surface area contributed by atoms with Crippen molar-refractivity contribution in [1.82, 2.24) is 14.7 Å². The molecule has 1 aliphatic rings. The van der Waals surface area contributed by atoms with Gasteiger partial charge in [-0.1, -0.05) is 46.3 Å². The van der Waals surface area contributed by atoms with E-state index in [1.165, 1.54) is 5.56 Å². The molecule has 2 aromatic rings. The molecule has 0 radical (unpaired) electrons. The Morgan fingerprint density at radius 2 is 1.77 bits per heavy atom. The summed E-state index contributed by atoms with van der Waals surface area (Å²) in [6.07, 6.45) is 0. The zero-order valence-corrected chi connectivity index (χ0v) is 20.1. The number of halogens is 1. The van der Waals surface area contributed by atoms with Crippen molar-refractivity contribution in [2.75, 3.05) is 45.1 Å². The average Bonchev–Trinajstić information content (AvgIpc) is 2.76. The normalized spacial score (nSPS) is 15.7. The zero-order valence-electron chi connectivity index (χ0n) is 18.5. The van der Waals surface area contributed by atoms with Crippen molar-refractivity contribution >= 4 is 33.4 Å². The number of rotatable bonds is 7. The molecule has 1 saturated heterocycles. The van der Waals surface area contributed by atoms with Gasteiger partial charge in [0.15, 0.2) is 0 Å². The second kappa shape index (κ2) is 10.9. The van der Waals surface area contributed by atoms with E-state index in [9.17, 15) is 9.59 Å². The van der Waals surface area contributed by atoms with Gasteiger partial charge in [0.25, 0.3) is 0 Å². The molecule has 1 aliphatic heterocycles. The van der Waals surface area contributed by atoms with Crippen LogP contribution >= 0.6 is 15.9 Å². The molecule has 1 heterocycles. The molecule has 0 unspecified atom stereocenters. The van der Waals surface area contributed by atoms with Gasteiger partial charge in [0, 0.05) is 42.9 Å². The highest BCUT2D eigenvalue weighted by molar-refractivity contribution is 9.10. The summed E-state index contributed by atoms with van der Waals surface area (Å²) in [5.74, 6) is -0.0465. The van der Waals surface area contributed by atoms with Gasteiger partial charge in [-0.15, -0.1) is 0 Å². The first-order valence-corrected chi connectivity index (χ1v) is 11.4. The van der Waals surface area contributed by atoms with Crippen LogP contribution in [0.1, 0.15) is 18.1 Å². The Hall–Kier alpha value is -2.22. The molecule has 3 rings (SSSR count). The fourth-order valence-corrected chi connectivity index (χ4v) is 4.22. The van der Waals surface area contributed by atoms with Gasteiger partial charge in [-0.05, 0) is 50.2 Å². The van der Waals surface area contributed by atoms with E-state index >= 15 is 0 Å². The highest BCUT2D eigenvalue weighted by atomic mass is 79.9. The van der Waals surface area contributed by atoms with Crippen molar-refractivity contribution in [2.45, 2.75) is 26.4 Å². The maximum absolute atomic E-state index is 13.0. The van der Waals surface area contributed by atoms with Gasteiger partial charge in [0.2, 0.25) is 11.8 Å². The molecular weight excluding hydrogens is 456 g/mol. The number of anilines is 1. The predicted octanol–water partition coefficient (Wildman–Crippen LogP) is 3.36. The first kappa shape index (κ1) is 23.4. The number of hydrogen-bond donors (Lipinski definition) is 1. The van der Waals surface area contributed by atoms with Crippen molar-refractivity contribution in [3.05, 3.63) is 64.1 Å². The van der Waals surface area contributed by atoms with Crippen LogP contribution in [0.2, 0.25) is 0 Å². The minimum absolute atomic E-state index is 0.0782. The number of carbonyl (C=O) groups is 2. The molecule has 2 amide bonds. The SMILES string of the molecule is Cc1cc(Br)ccc1NC(=O)CN(C)[C@@H](C)C(=O)N1CCN(Cc2ccccc2)CC1. The monoisotopic (exact) mass is 486 g/mol. The minimum Gasteiger partial charge on any atom is -0.339 e. The van der Waals surface area contributed by atoms with Crippen molar-refractivity contribution in [3.63, 3.8) is 0 Å². The first-order valence-electron chi connectivity index (χ1n) is 10.6. The average molecular weight is 487 g/mol. The topological polar surface area (TPSA) is 55.9 Å². The molecule has 1 fully saturated rings. The number of likely N-dealkylation sites (N-methyl/N-ethyl adjacent to an activating group) is 1. The summed E-state index contributed by atoms with van der Waals surface area (Å²) in [6, 6.07) is 15.8. The Bertz CT molecular complexity index is 898. The highest BCUT2D eigenvalue weighted by Crippen LogP contribution is 2.20. The molecule has 7 heteroatoms. The number of benzene rings is 2. The summed E-state index contributed by atoms with van der Waals surface area (Å²) in [7, 11) is 1.82. The van der Waals surface area contributed by atoms with E-state index in [-0.39, 0.29) is 24.4 Å². The van der Waals surface area contributed by atoms with Gasteiger partial charge in [-0.25, -0.2) is 0 Å². The zero-order chi connectivity index (χ0) is 22.4. The summed E-state index contributed by atoms with van der Waals surface area (Å²) < 4.78 is 0.975. The summed E-state index contributed by atoms with van der Waals surface area (Å²) in [4.78, 5) is 31.5. The predicted molar refractivity (Wildman–Crippen MR) is 128 cm³/mol. The molecule has 0 aromatic heterocycles. The largest absolute Gasteiger partial charge is 0.339 e. The molecule has 6 nitrogen and oxygen atoms in total. The van der Waals surface area contributed by atoms with E-state index in [0.717, 1.165) is 35.4 Å². The number of nitrogens with zero attached hydrogens (tertiary/aromatic N) is 3. The quantitative estimate of drug-likeness (QED) is 0.651. The minimum atomic E-state index is -0.350. The summed E-state index contributed by atoms with van der Waals surface area (Å²) in [5, 5.41) is 2.94. The molecule has 31 heavy (non-hydrogen) atoms. The number of nitrogens with one attached hydrogen (secondary N) is 1. The summed E-state index contributed by atoms with van der Waals surface area (Å²) >= 11 is 3.43. The van der Waals surface area contributed by atoms with Crippen LogP contribution in [0.4, 0.5) is 5.69 Å². The number of carbonyl (C=O) groups excluding carboxylic acids is 2. The molecule has 1 atom stereocenters. The molecule has 0 bridgehead atoms. The third kappa shape index (κ3) is 6.63. The summed E-state index contributed by atoms with van der Waals surface area (Å²) in [5.41, 5.74) is 3.07. The number of hydrogen-bond acceptors (Lipinski definition) is 4. The number of piperazine rings is 1. The third-order valence-electron chi connectivity index (χ3n) is 5.81. The Kier molecular flexibility index (Phi) is 8.23. The van der Waals surface area contributed by atoms with Crippen LogP contribution in [-0.2, 0) is 16.1 Å². The highest BCUT2D eigenvalue weighted by Gasteiger charge is 2.28. The van der Waals surface area contributed by atoms with Gasteiger partial charge in [-0.2, -0.15) is 0 Å². The van der Waals surface area contributed by atoms with Gasteiger partial charge in [-0.3, -0.25) is 19.4 Å². The lowest BCUT2D eigenvalue weighted by Crippen LogP contribution is -2.54. The smallest absolute Gasteiger partial charge is 0.239 e. The first-order chi connectivity index (χ1) is 14.8. The molecule has 1 N–H and O–H groups in total. The van der Waals surface area contributed by atoms with Crippen LogP contribution in [0.3, 0.4) is 0 Å². The lowest BCUT2D eigenvalue weighted by Gasteiger charge is -2.37. The van der Waals surface area contributed by atoms with E-state index in [2.05, 4.69) is 50.4 Å². The van der Waals surface area contributed by atoms with Crippen molar-refractivity contribution < 1.29 is 9.59 Å². The van der Waals surface area contributed by atoms with Crippen LogP contribution in [0.5, 0.6) is 0 Å². The van der Waals surface area contributed by atoms with E-state index in [0.29, 0.717) is 13.1 Å². The van der Waals surface area contributed by atoms with E-state index in [1.54, 1.807) is 0 Å². The second-order valence-corrected chi connectivity index (χ2v) is 9.10. The second-order valence-electron chi connectivity index (χ2n) is 8.19. The molecule has 0 spiro atoms. The van der Waals surface area contributed by atoms with E-state index < -0.39 is 0 Å². The van der Waals surface area contributed by atoms with Crippen molar-refractivity contribution in [1.29, 1.82) is 0 Å². The molecule has 0 saturated carbocycles. The lowest BCUT2D eigenvalue weighted by atomic mass is 10.2. The van der Waals surface area contributed by atoms with Crippen LogP contribution in [0.15, 0.2) is 53.0 Å². The fourth-order valence-electron chi connectivity index (χ4n) is 3.74.